The zero-order valence-electron chi connectivity index (χ0n) is 9.55. The Morgan fingerprint density at radius 1 is 1.18 bits per heavy atom. The van der Waals surface area contributed by atoms with Crippen molar-refractivity contribution in [2.24, 2.45) is 0 Å². The largest absolute Gasteiger partial charge is 0.673 e. The molecule has 0 unspecified atom stereocenters. The van der Waals surface area contributed by atoms with E-state index in [1.807, 2.05) is 0 Å². The minimum Gasteiger partial charge on any atom is -0.418 e. The van der Waals surface area contributed by atoms with Crippen molar-refractivity contribution in [2.75, 3.05) is 0 Å². The van der Waals surface area contributed by atoms with Gasteiger partial charge in [-0.3, -0.25) is 0 Å². The maximum absolute atomic E-state index is 9.75. The summed E-state index contributed by atoms with van der Waals surface area (Å²) in [5.41, 5.74) is 2.51. The summed E-state index contributed by atoms with van der Waals surface area (Å²) >= 11 is 0. The summed E-state index contributed by atoms with van der Waals surface area (Å²) in [5, 5.41) is 0. The SMILES string of the molecule is CC[n+]1c(C)[nH]c2ccccc21.F[B-](F)(F)F. The van der Waals surface area contributed by atoms with Crippen LogP contribution in [0, 0.1) is 6.92 Å². The molecule has 1 aromatic carbocycles. The van der Waals surface area contributed by atoms with Gasteiger partial charge in [0.2, 0.25) is 0 Å². The van der Waals surface area contributed by atoms with E-state index in [0.717, 1.165) is 6.54 Å². The summed E-state index contributed by atoms with van der Waals surface area (Å²) in [6.45, 7) is 5.28. The third-order valence-electron chi connectivity index (χ3n) is 2.23. The molecule has 94 valence electrons. The molecule has 2 aromatic rings. The minimum atomic E-state index is -6.00. The van der Waals surface area contributed by atoms with Gasteiger partial charge in [0, 0.05) is 6.92 Å². The molecule has 0 aliphatic heterocycles. The fourth-order valence-corrected chi connectivity index (χ4v) is 1.67. The topological polar surface area (TPSA) is 19.7 Å². The van der Waals surface area contributed by atoms with Crippen LogP contribution in [0.1, 0.15) is 12.7 Å². The number of aromatic nitrogens is 2. The molecular weight excluding hydrogens is 235 g/mol. The first kappa shape index (κ1) is 13.5. The normalized spacial score (nSPS) is 11.2. The number of hydrogen-bond donors (Lipinski definition) is 1. The van der Waals surface area contributed by atoms with Crippen molar-refractivity contribution in [2.45, 2.75) is 20.4 Å². The van der Waals surface area contributed by atoms with Crippen LogP contribution in [0.2, 0.25) is 0 Å². The molecule has 7 heteroatoms. The van der Waals surface area contributed by atoms with E-state index in [4.69, 9.17) is 0 Å². The predicted octanol–water partition coefficient (Wildman–Crippen LogP) is 3.08. The highest BCUT2D eigenvalue weighted by Gasteiger charge is 2.20. The maximum atomic E-state index is 9.75. The lowest BCUT2D eigenvalue weighted by Crippen LogP contribution is -2.33. The summed E-state index contributed by atoms with van der Waals surface area (Å²) in [6.07, 6.45) is 0. The molecule has 1 N–H and O–H groups in total. The molecule has 0 saturated heterocycles. The van der Waals surface area contributed by atoms with Gasteiger partial charge < -0.3 is 17.3 Å². The van der Waals surface area contributed by atoms with Crippen LogP contribution in [-0.4, -0.2) is 12.2 Å². The second kappa shape index (κ2) is 5.20. The van der Waals surface area contributed by atoms with Crippen molar-refractivity contribution in [3.63, 3.8) is 0 Å². The van der Waals surface area contributed by atoms with Crippen LogP contribution in [0.3, 0.4) is 0 Å². The number of hydrogen-bond acceptors (Lipinski definition) is 0. The van der Waals surface area contributed by atoms with Crippen LogP contribution in [-0.2, 0) is 6.54 Å². The Labute approximate surface area is 96.4 Å². The minimum absolute atomic E-state index is 1.02. The Morgan fingerprint density at radius 3 is 2.24 bits per heavy atom. The van der Waals surface area contributed by atoms with Gasteiger partial charge in [-0.1, -0.05) is 12.1 Å². The molecule has 0 aliphatic carbocycles. The average molecular weight is 248 g/mol. The lowest BCUT2D eigenvalue weighted by molar-refractivity contribution is -0.673. The average Bonchev–Trinajstić information content (AvgIpc) is 2.50. The van der Waals surface area contributed by atoms with Crippen LogP contribution in [0.4, 0.5) is 17.3 Å². The number of aromatic amines is 1. The molecule has 0 saturated carbocycles. The number of aryl methyl sites for hydroxylation is 2. The number of benzene rings is 1. The lowest BCUT2D eigenvalue weighted by Gasteiger charge is -1.94. The Morgan fingerprint density at radius 2 is 1.71 bits per heavy atom. The van der Waals surface area contributed by atoms with Gasteiger partial charge in [-0.2, -0.15) is 0 Å². The first-order valence-corrected chi connectivity index (χ1v) is 5.17. The number of imidazole rings is 1. The number of para-hydroxylation sites is 2. The van der Waals surface area contributed by atoms with Crippen LogP contribution in [0.5, 0.6) is 0 Å². The van der Waals surface area contributed by atoms with E-state index in [9.17, 15) is 17.3 Å². The molecule has 0 amide bonds. The van der Waals surface area contributed by atoms with Crippen LogP contribution in [0.25, 0.3) is 11.0 Å². The van der Waals surface area contributed by atoms with E-state index in [1.165, 1.54) is 16.9 Å². The highest BCUT2D eigenvalue weighted by Crippen LogP contribution is 2.07. The van der Waals surface area contributed by atoms with Crippen LogP contribution >= 0.6 is 0 Å². The maximum Gasteiger partial charge on any atom is 0.673 e. The van der Waals surface area contributed by atoms with E-state index in [2.05, 4.69) is 47.7 Å². The summed E-state index contributed by atoms with van der Waals surface area (Å²) in [6, 6.07) is 8.37. The van der Waals surface area contributed by atoms with Crippen molar-refractivity contribution in [1.82, 2.24) is 4.98 Å². The van der Waals surface area contributed by atoms with Crippen molar-refractivity contribution in [3.05, 3.63) is 30.1 Å². The van der Waals surface area contributed by atoms with Gasteiger partial charge >= 0.3 is 7.25 Å². The van der Waals surface area contributed by atoms with Crippen molar-refractivity contribution < 1.29 is 21.8 Å². The molecule has 2 nitrogen and oxygen atoms in total. The molecule has 0 aliphatic rings. The second-order valence-corrected chi connectivity index (χ2v) is 3.47. The van der Waals surface area contributed by atoms with E-state index in [-0.39, 0.29) is 0 Å². The molecule has 2 rings (SSSR count). The molecular formula is C10H13BF4N2. The molecule has 17 heavy (non-hydrogen) atoms. The predicted molar refractivity (Wildman–Crippen MR) is 59.1 cm³/mol. The highest BCUT2D eigenvalue weighted by atomic mass is 19.5. The number of nitrogens with one attached hydrogen (secondary N) is 1. The number of rotatable bonds is 1. The third-order valence-corrected chi connectivity index (χ3v) is 2.23. The van der Waals surface area contributed by atoms with E-state index in [1.54, 1.807) is 0 Å². The number of fused-ring (bicyclic) bond motifs is 1. The lowest BCUT2D eigenvalue weighted by atomic mass is 10.3. The van der Waals surface area contributed by atoms with Crippen molar-refractivity contribution in [3.8, 4) is 0 Å². The van der Waals surface area contributed by atoms with E-state index in [0.29, 0.717) is 0 Å². The summed E-state index contributed by atoms with van der Waals surface area (Å²) in [7, 11) is -6.00. The summed E-state index contributed by atoms with van der Waals surface area (Å²) in [5.74, 6) is 1.22. The number of nitrogens with zero attached hydrogens (tertiary/aromatic N) is 1. The van der Waals surface area contributed by atoms with Crippen molar-refractivity contribution in [1.29, 1.82) is 0 Å². The second-order valence-electron chi connectivity index (χ2n) is 3.47. The Balaban J connectivity index is 0.000000249. The number of halogens is 4. The Kier molecular flexibility index (Phi) is 4.14. The summed E-state index contributed by atoms with van der Waals surface area (Å²) in [4.78, 5) is 3.34. The first-order valence-electron chi connectivity index (χ1n) is 5.17. The van der Waals surface area contributed by atoms with Gasteiger partial charge in [-0.15, -0.1) is 0 Å². The Bertz CT molecular complexity index is 487. The smallest absolute Gasteiger partial charge is 0.418 e. The van der Waals surface area contributed by atoms with Gasteiger partial charge in [0.1, 0.15) is 0 Å². The van der Waals surface area contributed by atoms with Gasteiger partial charge in [-0.25, -0.2) is 9.55 Å². The van der Waals surface area contributed by atoms with Gasteiger partial charge in [-0.05, 0) is 19.1 Å². The fourth-order valence-electron chi connectivity index (χ4n) is 1.67. The zero-order valence-corrected chi connectivity index (χ0v) is 9.55. The molecule has 0 spiro atoms. The van der Waals surface area contributed by atoms with E-state index < -0.39 is 7.25 Å². The zero-order chi connectivity index (χ0) is 13.1. The highest BCUT2D eigenvalue weighted by molar-refractivity contribution is 6.50. The number of H-pyrrole nitrogens is 1. The molecule has 0 fully saturated rings. The quantitative estimate of drug-likeness (QED) is 0.454. The monoisotopic (exact) mass is 248 g/mol. The summed E-state index contributed by atoms with van der Waals surface area (Å²) < 4.78 is 41.3. The third kappa shape index (κ3) is 4.09. The molecule has 0 bridgehead atoms. The fraction of sp³-hybridized carbons (Fsp3) is 0.300. The molecule has 1 aromatic heterocycles. The molecule has 0 radical (unpaired) electrons. The van der Waals surface area contributed by atoms with Crippen LogP contribution < -0.4 is 4.57 Å². The van der Waals surface area contributed by atoms with Gasteiger partial charge in [0.25, 0.3) is 5.82 Å². The molecule has 1 heterocycles. The van der Waals surface area contributed by atoms with Gasteiger partial charge in [0.15, 0.2) is 11.0 Å². The van der Waals surface area contributed by atoms with Gasteiger partial charge in [0.05, 0.1) is 6.54 Å². The standard InChI is InChI=1S/C10H12N2.BF4/c1-3-12-8(2)11-9-6-4-5-7-10(9)12;2-1(3,4)5/h4-7H,3H2,1-2H3;/q;-1/p+1. The first-order chi connectivity index (χ1) is 7.83. The van der Waals surface area contributed by atoms with Crippen LogP contribution in [0.15, 0.2) is 24.3 Å². The van der Waals surface area contributed by atoms with E-state index >= 15 is 0 Å². The Hall–Kier alpha value is -1.53. The van der Waals surface area contributed by atoms with Crippen molar-refractivity contribution >= 4 is 18.3 Å². The molecule has 0 atom stereocenters.